The fraction of sp³-hybridized carbons (Fsp3) is 0.294. The zero-order valence-corrected chi connectivity index (χ0v) is 15.2. The van der Waals surface area contributed by atoms with Gasteiger partial charge in [0.05, 0.1) is 12.1 Å². The number of nitrogens with zero attached hydrogens (tertiary/aromatic N) is 2. The van der Waals surface area contributed by atoms with Crippen LogP contribution < -0.4 is 9.47 Å². The van der Waals surface area contributed by atoms with Crippen molar-refractivity contribution in [1.82, 2.24) is 9.80 Å². The Bertz CT molecular complexity index is 755. The summed E-state index contributed by atoms with van der Waals surface area (Å²) in [5.74, 6) is 3.04. The van der Waals surface area contributed by atoms with E-state index in [2.05, 4.69) is 5.92 Å². The van der Waals surface area contributed by atoms with Crippen molar-refractivity contribution < 1.29 is 14.3 Å². The number of rotatable bonds is 5. The van der Waals surface area contributed by atoms with E-state index in [1.807, 2.05) is 6.92 Å². The first-order chi connectivity index (χ1) is 11.4. The minimum Gasteiger partial charge on any atom is -0.493 e. The van der Waals surface area contributed by atoms with E-state index >= 15 is 0 Å². The molecule has 1 heterocycles. The number of carbonyl (C=O) groups is 1. The van der Waals surface area contributed by atoms with Gasteiger partial charge in [0, 0.05) is 13.6 Å². The van der Waals surface area contributed by atoms with Gasteiger partial charge in [0.1, 0.15) is 12.3 Å². The van der Waals surface area contributed by atoms with Gasteiger partial charge in [-0.15, -0.1) is 6.42 Å². The summed E-state index contributed by atoms with van der Waals surface area (Å²) >= 11 is 11.5. The SMILES string of the molecule is C#CCOc1c(Cl)cc(/C=C2/C(=O)N(CC)C(=S)N2C)cc1OC. The fourth-order valence-corrected chi connectivity index (χ4v) is 2.91. The van der Waals surface area contributed by atoms with Crippen LogP contribution in [-0.4, -0.2) is 48.1 Å². The molecule has 0 radical (unpaired) electrons. The number of benzene rings is 1. The van der Waals surface area contributed by atoms with E-state index in [1.54, 1.807) is 30.2 Å². The van der Waals surface area contributed by atoms with E-state index in [1.165, 1.54) is 12.0 Å². The smallest absolute Gasteiger partial charge is 0.276 e. The van der Waals surface area contributed by atoms with Crippen LogP contribution in [-0.2, 0) is 4.79 Å². The highest BCUT2D eigenvalue weighted by Gasteiger charge is 2.34. The molecular weight excluding hydrogens is 348 g/mol. The van der Waals surface area contributed by atoms with Crippen molar-refractivity contribution >= 4 is 40.9 Å². The summed E-state index contributed by atoms with van der Waals surface area (Å²) in [6.07, 6.45) is 6.91. The first kappa shape index (κ1) is 18.1. The average molecular weight is 365 g/mol. The van der Waals surface area contributed by atoms with Gasteiger partial charge >= 0.3 is 0 Å². The van der Waals surface area contributed by atoms with Gasteiger partial charge in [0.2, 0.25) is 0 Å². The van der Waals surface area contributed by atoms with E-state index in [0.717, 1.165) is 0 Å². The second-order valence-electron chi connectivity index (χ2n) is 4.95. The highest BCUT2D eigenvalue weighted by atomic mass is 35.5. The molecule has 0 N–H and O–H groups in total. The van der Waals surface area contributed by atoms with E-state index in [0.29, 0.717) is 39.4 Å². The molecule has 0 saturated carbocycles. The van der Waals surface area contributed by atoms with Gasteiger partial charge in [-0.2, -0.15) is 0 Å². The Morgan fingerprint density at radius 3 is 2.71 bits per heavy atom. The van der Waals surface area contributed by atoms with Crippen molar-refractivity contribution in [2.75, 3.05) is 27.3 Å². The number of hydrogen-bond donors (Lipinski definition) is 0. The molecule has 126 valence electrons. The first-order valence-electron chi connectivity index (χ1n) is 7.19. The lowest BCUT2D eigenvalue weighted by Gasteiger charge is -2.14. The molecule has 1 amide bonds. The van der Waals surface area contributed by atoms with Crippen molar-refractivity contribution in [3.63, 3.8) is 0 Å². The van der Waals surface area contributed by atoms with Crippen LogP contribution in [0.25, 0.3) is 6.08 Å². The van der Waals surface area contributed by atoms with Crippen LogP contribution in [0.2, 0.25) is 5.02 Å². The molecule has 0 aromatic heterocycles. The predicted molar refractivity (Wildman–Crippen MR) is 98.1 cm³/mol. The van der Waals surface area contributed by atoms with Crippen molar-refractivity contribution in [2.24, 2.45) is 0 Å². The Labute approximate surface area is 151 Å². The predicted octanol–water partition coefficient (Wildman–Crippen LogP) is 2.78. The van der Waals surface area contributed by atoms with Gasteiger partial charge in [-0.05, 0) is 42.9 Å². The van der Waals surface area contributed by atoms with Crippen molar-refractivity contribution in [1.29, 1.82) is 0 Å². The quantitative estimate of drug-likeness (QED) is 0.456. The largest absolute Gasteiger partial charge is 0.493 e. The summed E-state index contributed by atoms with van der Waals surface area (Å²) in [6.45, 7) is 2.47. The Morgan fingerprint density at radius 1 is 1.46 bits per heavy atom. The Morgan fingerprint density at radius 2 is 2.17 bits per heavy atom. The molecule has 1 aromatic rings. The van der Waals surface area contributed by atoms with Gasteiger partial charge in [-0.3, -0.25) is 9.69 Å². The van der Waals surface area contributed by atoms with Crippen molar-refractivity contribution in [3.8, 4) is 23.8 Å². The summed E-state index contributed by atoms with van der Waals surface area (Å²) < 4.78 is 10.7. The Balaban J connectivity index is 2.43. The number of terminal acetylenes is 1. The summed E-state index contributed by atoms with van der Waals surface area (Å²) in [4.78, 5) is 15.6. The third-order valence-corrected chi connectivity index (χ3v) is 4.29. The number of thiocarbonyl (C=S) groups is 1. The maximum Gasteiger partial charge on any atom is 0.276 e. The second-order valence-corrected chi connectivity index (χ2v) is 5.72. The topological polar surface area (TPSA) is 42.0 Å². The molecule has 1 aliphatic rings. The van der Waals surface area contributed by atoms with Crippen molar-refractivity contribution in [3.05, 3.63) is 28.4 Å². The molecule has 1 saturated heterocycles. The zero-order chi connectivity index (χ0) is 17.9. The highest BCUT2D eigenvalue weighted by Crippen LogP contribution is 2.37. The minimum absolute atomic E-state index is 0.0808. The van der Waals surface area contributed by atoms with Gasteiger partial charge in [0.25, 0.3) is 5.91 Å². The molecule has 1 aromatic carbocycles. The van der Waals surface area contributed by atoms with Crippen molar-refractivity contribution in [2.45, 2.75) is 6.92 Å². The summed E-state index contributed by atoms with van der Waals surface area (Å²) in [5, 5.41) is 0.820. The average Bonchev–Trinajstić information content (AvgIpc) is 2.76. The Kier molecular flexibility index (Phi) is 5.71. The zero-order valence-electron chi connectivity index (χ0n) is 13.6. The van der Waals surface area contributed by atoms with E-state index < -0.39 is 0 Å². The van der Waals surface area contributed by atoms with Gasteiger partial charge in [-0.1, -0.05) is 17.5 Å². The summed E-state index contributed by atoms with van der Waals surface area (Å²) in [7, 11) is 3.26. The first-order valence-corrected chi connectivity index (χ1v) is 7.98. The number of hydrogen-bond acceptors (Lipinski definition) is 4. The summed E-state index contributed by atoms with van der Waals surface area (Å²) in [5.41, 5.74) is 1.16. The molecule has 2 rings (SSSR count). The number of carbonyl (C=O) groups excluding carboxylic acids is 1. The molecule has 5 nitrogen and oxygen atoms in total. The van der Waals surface area contributed by atoms with Crippen LogP contribution in [0, 0.1) is 12.3 Å². The number of methoxy groups -OCH3 is 1. The number of halogens is 1. The van der Waals surface area contributed by atoms with Crippen LogP contribution in [0.15, 0.2) is 17.8 Å². The molecule has 0 unspecified atom stereocenters. The standard InChI is InChI=1S/C17H17ClN2O3S/c1-5-7-23-15-12(18)8-11(10-14(15)22-4)9-13-16(21)20(6-2)17(24)19(13)3/h1,8-10H,6-7H2,2-4H3/b13-9-. The molecule has 1 fully saturated rings. The minimum atomic E-state index is -0.146. The van der Waals surface area contributed by atoms with Crippen LogP contribution in [0.5, 0.6) is 11.5 Å². The Hall–Kier alpha value is -2.23. The number of likely N-dealkylation sites (N-methyl/N-ethyl adjacent to an activating group) is 2. The number of amides is 1. The van der Waals surface area contributed by atoms with E-state index in [4.69, 9.17) is 39.7 Å². The fourth-order valence-electron chi connectivity index (χ4n) is 2.33. The lowest BCUT2D eigenvalue weighted by molar-refractivity contribution is -0.122. The monoisotopic (exact) mass is 364 g/mol. The molecule has 7 heteroatoms. The third-order valence-electron chi connectivity index (χ3n) is 3.51. The van der Waals surface area contributed by atoms with Gasteiger partial charge in [0.15, 0.2) is 16.6 Å². The van der Waals surface area contributed by atoms with Crippen LogP contribution in [0.3, 0.4) is 0 Å². The molecule has 24 heavy (non-hydrogen) atoms. The molecule has 0 aliphatic carbocycles. The van der Waals surface area contributed by atoms with Crippen LogP contribution in [0.4, 0.5) is 0 Å². The molecule has 1 aliphatic heterocycles. The molecule has 0 spiro atoms. The van der Waals surface area contributed by atoms with E-state index in [-0.39, 0.29) is 12.5 Å². The highest BCUT2D eigenvalue weighted by molar-refractivity contribution is 7.80. The molecule has 0 bridgehead atoms. The maximum absolute atomic E-state index is 12.4. The van der Waals surface area contributed by atoms with Crippen LogP contribution >= 0.6 is 23.8 Å². The summed E-state index contributed by atoms with van der Waals surface area (Å²) in [6, 6.07) is 3.41. The lowest BCUT2D eigenvalue weighted by atomic mass is 10.1. The second kappa shape index (κ2) is 7.56. The van der Waals surface area contributed by atoms with Gasteiger partial charge < -0.3 is 14.4 Å². The normalized spacial score (nSPS) is 15.9. The van der Waals surface area contributed by atoms with Gasteiger partial charge in [-0.25, -0.2) is 0 Å². The number of ether oxygens (including phenoxy) is 2. The lowest BCUT2D eigenvalue weighted by Crippen LogP contribution is -2.30. The molecule has 0 atom stereocenters. The molecular formula is C17H17ClN2O3S. The van der Waals surface area contributed by atoms with E-state index in [9.17, 15) is 4.79 Å². The maximum atomic E-state index is 12.4. The third kappa shape index (κ3) is 3.32. The van der Waals surface area contributed by atoms with Crippen LogP contribution in [0.1, 0.15) is 12.5 Å².